The minimum absolute atomic E-state index is 0.0983. The number of nitrogens with zero attached hydrogens (tertiary/aromatic N) is 4. The van der Waals surface area contributed by atoms with Crippen molar-refractivity contribution in [3.63, 3.8) is 0 Å². The lowest BCUT2D eigenvalue weighted by Crippen LogP contribution is -2.60. The minimum Gasteiger partial charge on any atom is -0.593 e. The number of halogens is 1. The SMILES string of the molecule is CN1C(=N)N[C@](C)(c2sc(-c3nnc(-c4ccc(N5CCCCC5)cc4)o3)cc2Cl)C[S+]1[O-]. The summed E-state index contributed by atoms with van der Waals surface area (Å²) < 4.78 is 19.8. The average Bonchev–Trinajstić information content (AvgIpc) is 3.45. The Labute approximate surface area is 204 Å². The fraction of sp³-hybridized carbons (Fsp3) is 0.409. The molecule has 33 heavy (non-hydrogen) atoms. The highest BCUT2D eigenvalue weighted by molar-refractivity contribution is 7.89. The van der Waals surface area contributed by atoms with Gasteiger partial charge in [0.15, 0.2) is 5.75 Å². The van der Waals surface area contributed by atoms with Gasteiger partial charge in [0.05, 0.1) is 33.2 Å². The van der Waals surface area contributed by atoms with E-state index in [1.165, 1.54) is 40.6 Å². The molecule has 1 unspecified atom stereocenters. The van der Waals surface area contributed by atoms with Crippen molar-refractivity contribution in [2.45, 2.75) is 31.7 Å². The number of guanidine groups is 1. The maximum Gasteiger partial charge on any atom is 0.258 e. The predicted octanol–water partition coefficient (Wildman–Crippen LogP) is 4.46. The lowest BCUT2D eigenvalue weighted by molar-refractivity contribution is 0.424. The standard InChI is InChI=1S/C22H25ClN6O2S2/c1-22(13-33(30)28(2)21(24)25-22)18-16(23)12-17(32-18)20-27-26-19(31-20)14-6-8-15(9-7-14)29-10-4-3-5-11-29/h6-9,12H,3-5,10-11,13H2,1-2H3,(H2,24,25)/t22-,33?/m0/s1. The third kappa shape index (κ3) is 4.32. The first-order valence-electron chi connectivity index (χ1n) is 10.8. The first-order chi connectivity index (χ1) is 15.8. The van der Waals surface area contributed by atoms with Crippen LogP contribution in [0.25, 0.3) is 22.2 Å². The van der Waals surface area contributed by atoms with Crippen molar-refractivity contribution in [3.05, 3.63) is 40.2 Å². The molecule has 4 heterocycles. The predicted molar refractivity (Wildman–Crippen MR) is 133 cm³/mol. The Morgan fingerprint density at radius 3 is 2.58 bits per heavy atom. The summed E-state index contributed by atoms with van der Waals surface area (Å²) in [6.45, 7) is 4.10. The second-order valence-corrected chi connectivity index (χ2v) is 11.5. The van der Waals surface area contributed by atoms with Crippen LogP contribution in [0.15, 0.2) is 34.7 Å². The highest BCUT2D eigenvalue weighted by Gasteiger charge is 2.44. The molecule has 0 spiro atoms. The van der Waals surface area contributed by atoms with E-state index in [2.05, 4.69) is 32.5 Å². The van der Waals surface area contributed by atoms with E-state index in [9.17, 15) is 4.55 Å². The number of anilines is 1. The fourth-order valence-electron chi connectivity index (χ4n) is 4.20. The minimum atomic E-state index is -1.31. The quantitative estimate of drug-likeness (QED) is 0.505. The Morgan fingerprint density at radius 2 is 1.88 bits per heavy atom. The molecule has 3 aromatic rings. The zero-order valence-corrected chi connectivity index (χ0v) is 20.8. The summed E-state index contributed by atoms with van der Waals surface area (Å²) in [6.07, 6.45) is 3.78. The van der Waals surface area contributed by atoms with Gasteiger partial charge in [-0.1, -0.05) is 11.6 Å². The lowest BCUT2D eigenvalue weighted by Gasteiger charge is -2.39. The molecule has 2 fully saturated rings. The van der Waals surface area contributed by atoms with E-state index < -0.39 is 16.9 Å². The molecule has 0 radical (unpaired) electrons. The first kappa shape index (κ1) is 22.5. The molecule has 2 aromatic heterocycles. The van der Waals surface area contributed by atoms with Crippen LogP contribution in [-0.2, 0) is 16.9 Å². The molecular weight excluding hydrogens is 480 g/mol. The topological polar surface area (TPSA) is 104 Å². The molecule has 5 rings (SSSR count). The summed E-state index contributed by atoms with van der Waals surface area (Å²) in [5, 5.41) is 20.2. The Hall–Kier alpha value is -2.27. The molecule has 2 aliphatic rings. The van der Waals surface area contributed by atoms with Gasteiger partial charge in [-0.05, 0) is 56.5 Å². The normalized spacial score (nSPS) is 23.6. The van der Waals surface area contributed by atoms with E-state index >= 15 is 0 Å². The van der Waals surface area contributed by atoms with Crippen LogP contribution in [0.5, 0.6) is 0 Å². The van der Waals surface area contributed by atoms with E-state index in [0.29, 0.717) is 22.6 Å². The number of rotatable bonds is 4. The summed E-state index contributed by atoms with van der Waals surface area (Å²) in [7, 11) is 1.63. The van der Waals surface area contributed by atoms with Gasteiger partial charge in [0.1, 0.15) is 5.54 Å². The molecule has 8 nitrogen and oxygen atoms in total. The summed E-state index contributed by atoms with van der Waals surface area (Å²) in [5.74, 6) is 1.24. The Kier molecular flexibility index (Phi) is 6.02. The van der Waals surface area contributed by atoms with Crippen LogP contribution in [0.1, 0.15) is 31.1 Å². The third-order valence-corrected chi connectivity index (χ3v) is 9.50. The molecule has 0 bridgehead atoms. The van der Waals surface area contributed by atoms with Crippen LogP contribution in [0.3, 0.4) is 0 Å². The summed E-state index contributed by atoms with van der Waals surface area (Å²) in [4.78, 5) is 3.93. The zero-order chi connectivity index (χ0) is 23.2. The number of hydrogen-bond donors (Lipinski definition) is 2. The van der Waals surface area contributed by atoms with Gasteiger partial charge < -0.3 is 19.2 Å². The molecular formula is C22H25ClN6O2S2. The highest BCUT2D eigenvalue weighted by atomic mass is 35.5. The molecule has 11 heteroatoms. The molecule has 0 amide bonds. The van der Waals surface area contributed by atoms with Gasteiger partial charge in [0, 0.05) is 24.3 Å². The Morgan fingerprint density at radius 1 is 1.18 bits per heavy atom. The van der Waals surface area contributed by atoms with Gasteiger partial charge in [-0.3, -0.25) is 5.41 Å². The van der Waals surface area contributed by atoms with E-state index in [4.69, 9.17) is 21.4 Å². The van der Waals surface area contributed by atoms with Crippen LogP contribution in [0.4, 0.5) is 5.69 Å². The van der Waals surface area contributed by atoms with Gasteiger partial charge in [0.25, 0.3) is 5.89 Å². The number of thiophene rings is 1. The average molecular weight is 505 g/mol. The molecule has 0 aliphatic carbocycles. The zero-order valence-electron chi connectivity index (χ0n) is 18.4. The Balaban J connectivity index is 1.37. The largest absolute Gasteiger partial charge is 0.593 e. The van der Waals surface area contributed by atoms with Gasteiger partial charge >= 0.3 is 0 Å². The number of nitrogens with one attached hydrogen (secondary N) is 2. The maximum absolute atomic E-state index is 12.4. The summed E-state index contributed by atoms with van der Waals surface area (Å²) >= 11 is 6.65. The second-order valence-electron chi connectivity index (χ2n) is 8.56. The van der Waals surface area contributed by atoms with Gasteiger partial charge in [-0.2, -0.15) is 4.31 Å². The highest BCUT2D eigenvalue weighted by Crippen LogP contribution is 2.42. The number of aromatic nitrogens is 2. The van der Waals surface area contributed by atoms with Gasteiger partial charge in [0.2, 0.25) is 11.9 Å². The molecule has 174 valence electrons. The van der Waals surface area contributed by atoms with Crippen LogP contribution in [-0.4, -0.2) is 50.9 Å². The second kappa shape index (κ2) is 8.83. The van der Waals surface area contributed by atoms with Crippen molar-refractivity contribution in [1.82, 2.24) is 19.8 Å². The van der Waals surface area contributed by atoms with Crippen molar-refractivity contribution in [1.29, 1.82) is 5.41 Å². The summed E-state index contributed by atoms with van der Waals surface area (Å²) in [5.41, 5.74) is 1.36. The monoisotopic (exact) mass is 504 g/mol. The molecule has 2 saturated heterocycles. The Bertz CT molecular complexity index is 1160. The first-order valence-corrected chi connectivity index (χ1v) is 13.3. The third-order valence-electron chi connectivity index (χ3n) is 6.09. The number of piperidine rings is 1. The molecule has 2 N–H and O–H groups in total. The molecule has 0 saturated carbocycles. The smallest absolute Gasteiger partial charge is 0.258 e. The van der Waals surface area contributed by atoms with Crippen LogP contribution < -0.4 is 10.2 Å². The van der Waals surface area contributed by atoms with E-state index in [1.54, 1.807) is 13.1 Å². The number of hydrogen-bond acceptors (Lipinski definition) is 7. The van der Waals surface area contributed by atoms with E-state index in [1.807, 2.05) is 19.1 Å². The molecule has 1 aromatic carbocycles. The maximum atomic E-state index is 12.4. The van der Waals surface area contributed by atoms with Crippen molar-refractivity contribution in [2.75, 3.05) is 30.8 Å². The van der Waals surface area contributed by atoms with Crippen molar-refractivity contribution < 1.29 is 8.97 Å². The fourth-order valence-corrected chi connectivity index (χ4v) is 7.01. The van der Waals surface area contributed by atoms with Crippen LogP contribution in [0.2, 0.25) is 5.02 Å². The van der Waals surface area contributed by atoms with Crippen LogP contribution >= 0.6 is 22.9 Å². The van der Waals surface area contributed by atoms with Gasteiger partial charge in [-0.25, -0.2) is 0 Å². The van der Waals surface area contributed by atoms with E-state index in [-0.39, 0.29) is 5.96 Å². The molecule has 2 atom stereocenters. The van der Waals surface area contributed by atoms with Crippen molar-refractivity contribution >= 4 is 45.9 Å². The van der Waals surface area contributed by atoms with Crippen LogP contribution in [0, 0.1) is 5.41 Å². The number of benzene rings is 1. The lowest BCUT2D eigenvalue weighted by atomic mass is 10.0. The van der Waals surface area contributed by atoms with Gasteiger partial charge in [-0.15, -0.1) is 21.5 Å². The van der Waals surface area contributed by atoms with E-state index in [0.717, 1.165) is 28.4 Å². The summed E-state index contributed by atoms with van der Waals surface area (Å²) in [6, 6.07) is 10.0. The molecule has 2 aliphatic heterocycles. The van der Waals surface area contributed by atoms with Crippen molar-refractivity contribution in [2.24, 2.45) is 0 Å². The van der Waals surface area contributed by atoms with Crippen molar-refractivity contribution in [3.8, 4) is 22.2 Å².